The molecule has 1 nitrogen and oxygen atoms in total. The summed E-state index contributed by atoms with van der Waals surface area (Å²) in [4.78, 5) is 2.63. The van der Waals surface area contributed by atoms with E-state index < -0.39 is 0 Å². The summed E-state index contributed by atoms with van der Waals surface area (Å²) >= 11 is 0. The Balaban J connectivity index is 2.52. The maximum atomic E-state index is 2.63. The topological polar surface area (TPSA) is 3.24 Å². The van der Waals surface area contributed by atoms with Crippen molar-refractivity contribution in [2.75, 3.05) is 13.1 Å². The van der Waals surface area contributed by atoms with Gasteiger partial charge >= 0.3 is 0 Å². The fourth-order valence-electron chi connectivity index (χ4n) is 1.96. The first-order valence-corrected chi connectivity index (χ1v) is 5.25. The molecule has 1 aliphatic heterocycles. The summed E-state index contributed by atoms with van der Waals surface area (Å²) in [7, 11) is 0. The average Bonchev–Trinajstić information content (AvgIpc) is 2.11. The van der Waals surface area contributed by atoms with Crippen LogP contribution >= 0.6 is 0 Å². The minimum atomic E-state index is 0.374. The Bertz CT molecular complexity index is 134. The molecule has 1 atom stereocenters. The van der Waals surface area contributed by atoms with E-state index in [0.717, 1.165) is 5.92 Å². The summed E-state index contributed by atoms with van der Waals surface area (Å²) in [6.45, 7) is 11.9. The number of rotatable bonds is 0. The summed E-state index contributed by atoms with van der Waals surface area (Å²) in [6.07, 6.45) is 4.24. The van der Waals surface area contributed by atoms with Gasteiger partial charge in [0.2, 0.25) is 0 Å². The molecule has 0 N–H and O–H groups in total. The monoisotopic (exact) mass is 169 g/mol. The lowest BCUT2D eigenvalue weighted by atomic mass is 10.0. The van der Waals surface area contributed by atoms with Crippen LogP contribution in [0.5, 0.6) is 0 Å². The van der Waals surface area contributed by atoms with Crippen LogP contribution in [0, 0.1) is 5.92 Å². The summed E-state index contributed by atoms with van der Waals surface area (Å²) in [5, 5.41) is 0. The van der Waals surface area contributed by atoms with Gasteiger partial charge in [0.15, 0.2) is 0 Å². The highest BCUT2D eigenvalue weighted by molar-refractivity contribution is 4.79. The van der Waals surface area contributed by atoms with Crippen LogP contribution in [-0.4, -0.2) is 23.5 Å². The Morgan fingerprint density at radius 3 is 2.42 bits per heavy atom. The van der Waals surface area contributed by atoms with Crippen LogP contribution in [0.2, 0.25) is 0 Å². The molecule has 1 saturated heterocycles. The molecule has 72 valence electrons. The fraction of sp³-hybridized carbons (Fsp3) is 1.00. The van der Waals surface area contributed by atoms with Gasteiger partial charge in [0.25, 0.3) is 0 Å². The maximum absolute atomic E-state index is 2.63. The van der Waals surface area contributed by atoms with E-state index in [1.165, 1.54) is 32.4 Å². The molecule has 0 saturated carbocycles. The van der Waals surface area contributed by atoms with E-state index in [9.17, 15) is 0 Å². The van der Waals surface area contributed by atoms with Crippen LogP contribution in [0.15, 0.2) is 0 Å². The average molecular weight is 169 g/mol. The van der Waals surface area contributed by atoms with Gasteiger partial charge in [-0.25, -0.2) is 0 Å². The van der Waals surface area contributed by atoms with E-state index >= 15 is 0 Å². The van der Waals surface area contributed by atoms with Gasteiger partial charge in [0, 0.05) is 12.1 Å². The van der Waals surface area contributed by atoms with Crippen molar-refractivity contribution in [1.82, 2.24) is 4.90 Å². The molecular formula is C11H23N. The molecular weight excluding hydrogens is 146 g/mol. The molecule has 0 unspecified atom stereocenters. The molecule has 0 spiro atoms. The molecule has 0 aliphatic carbocycles. The summed E-state index contributed by atoms with van der Waals surface area (Å²) in [6, 6.07) is 0. The maximum Gasteiger partial charge on any atom is 0.0125 e. The van der Waals surface area contributed by atoms with Gasteiger partial charge in [-0.3, -0.25) is 4.90 Å². The standard InChI is InChI=1S/C11H23N/c1-10-7-5-6-8-12(9-10)11(2,3)4/h10H,5-9H2,1-4H3/t10-/m1/s1. The van der Waals surface area contributed by atoms with E-state index in [0.29, 0.717) is 5.54 Å². The quantitative estimate of drug-likeness (QED) is 0.539. The predicted molar refractivity (Wildman–Crippen MR) is 54.3 cm³/mol. The lowest BCUT2D eigenvalue weighted by Gasteiger charge is -2.35. The van der Waals surface area contributed by atoms with Gasteiger partial charge in [-0.15, -0.1) is 0 Å². The van der Waals surface area contributed by atoms with E-state index in [4.69, 9.17) is 0 Å². The Labute approximate surface area is 77.1 Å². The molecule has 1 aliphatic rings. The Morgan fingerprint density at radius 2 is 1.83 bits per heavy atom. The zero-order valence-electron chi connectivity index (χ0n) is 9.06. The number of nitrogens with zero attached hydrogens (tertiary/aromatic N) is 1. The molecule has 0 bridgehead atoms. The predicted octanol–water partition coefficient (Wildman–Crippen LogP) is 2.91. The van der Waals surface area contributed by atoms with E-state index in [-0.39, 0.29) is 0 Å². The van der Waals surface area contributed by atoms with Gasteiger partial charge in [-0.2, -0.15) is 0 Å². The van der Waals surface area contributed by atoms with Crippen molar-refractivity contribution >= 4 is 0 Å². The van der Waals surface area contributed by atoms with Gasteiger partial charge in [0.1, 0.15) is 0 Å². The highest BCUT2D eigenvalue weighted by Crippen LogP contribution is 2.22. The van der Waals surface area contributed by atoms with Gasteiger partial charge in [-0.1, -0.05) is 13.3 Å². The second kappa shape index (κ2) is 3.78. The molecule has 0 aromatic heterocycles. The zero-order valence-corrected chi connectivity index (χ0v) is 9.06. The van der Waals surface area contributed by atoms with E-state index in [2.05, 4.69) is 32.6 Å². The summed E-state index contributed by atoms with van der Waals surface area (Å²) in [5.74, 6) is 0.895. The Kier molecular flexibility index (Phi) is 3.16. The highest BCUT2D eigenvalue weighted by Gasteiger charge is 2.24. The lowest BCUT2D eigenvalue weighted by molar-refractivity contribution is 0.127. The van der Waals surface area contributed by atoms with Crippen molar-refractivity contribution in [3.63, 3.8) is 0 Å². The van der Waals surface area contributed by atoms with Gasteiger partial charge in [0.05, 0.1) is 0 Å². The summed E-state index contributed by atoms with van der Waals surface area (Å²) in [5.41, 5.74) is 0.374. The first-order chi connectivity index (χ1) is 5.50. The second-order valence-electron chi connectivity index (χ2n) is 5.22. The van der Waals surface area contributed by atoms with Crippen LogP contribution in [0.1, 0.15) is 47.0 Å². The molecule has 1 fully saturated rings. The normalized spacial score (nSPS) is 28.5. The molecule has 0 aromatic rings. The molecule has 0 aromatic carbocycles. The van der Waals surface area contributed by atoms with Crippen LogP contribution < -0.4 is 0 Å². The molecule has 1 heteroatoms. The lowest BCUT2D eigenvalue weighted by Crippen LogP contribution is -2.43. The second-order valence-corrected chi connectivity index (χ2v) is 5.22. The first kappa shape index (κ1) is 10.0. The van der Waals surface area contributed by atoms with Crippen molar-refractivity contribution in [3.8, 4) is 0 Å². The molecule has 0 amide bonds. The van der Waals surface area contributed by atoms with E-state index in [1.807, 2.05) is 0 Å². The third-order valence-electron chi connectivity index (χ3n) is 2.86. The third-order valence-corrected chi connectivity index (χ3v) is 2.86. The number of hydrogen-bond acceptors (Lipinski definition) is 1. The molecule has 1 heterocycles. The van der Waals surface area contributed by atoms with Crippen LogP contribution in [0.3, 0.4) is 0 Å². The van der Waals surface area contributed by atoms with Crippen molar-refractivity contribution in [2.45, 2.75) is 52.5 Å². The largest absolute Gasteiger partial charge is 0.298 e. The molecule has 0 radical (unpaired) electrons. The fourth-order valence-corrected chi connectivity index (χ4v) is 1.96. The number of hydrogen-bond donors (Lipinski definition) is 0. The smallest absolute Gasteiger partial charge is 0.0125 e. The summed E-state index contributed by atoms with van der Waals surface area (Å²) < 4.78 is 0. The zero-order chi connectivity index (χ0) is 9.19. The minimum absolute atomic E-state index is 0.374. The SMILES string of the molecule is C[C@@H]1CCCCN(C(C)(C)C)C1. The third kappa shape index (κ3) is 2.78. The molecule has 1 rings (SSSR count). The van der Waals surface area contributed by atoms with Crippen molar-refractivity contribution < 1.29 is 0 Å². The van der Waals surface area contributed by atoms with Gasteiger partial charge < -0.3 is 0 Å². The minimum Gasteiger partial charge on any atom is -0.298 e. The Morgan fingerprint density at radius 1 is 1.17 bits per heavy atom. The van der Waals surface area contributed by atoms with Crippen molar-refractivity contribution in [3.05, 3.63) is 0 Å². The van der Waals surface area contributed by atoms with E-state index in [1.54, 1.807) is 0 Å². The molecule has 12 heavy (non-hydrogen) atoms. The van der Waals surface area contributed by atoms with Crippen LogP contribution in [0.25, 0.3) is 0 Å². The van der Waals surface area contributed by atoms with Crippen molar-refractivity contribution in [2.24, 2.45) is 5.92 Å². The van der Waals surface area contributed by atoms with Gasteiger partial charge in [-0.05, 0) is 46.1 Å². The van der Waals surface area contributed by atoms with Crippen LogP contribution in [-0.2, 0) is 0 Å². The highest BCUT2D eigenvalue weighted by atomic mass is 15.2. The number of likely N-dealkylation sites (tertiary alicyclic amines) is 1. The first-order valence-electron chi connectivity index (χ1n) is 5.25. The Hall–Kier alpha value is -0.0400. The van der Waals surface area contributed by atoms with Crippen LogP contribution in [0.4, 0.5) is 0 Å². The van der Waals surface area contributed by atoms with Crippen molar-refractivity contribution in [1.29, 1.82) is 0 Å².